The summed E-state index contributed by atoms with van der Waals surface area (Å²) in [6.07, 6.45) is 1.10. The number of phenolic OH excluding ortho intramolecular Hbond substituents is 1. The van der Waals surface area contributed by atoms with Crippen LogP contribution in [-0.4, -0.2) is 49.8 Å². The Balaban J connectivity index is 1.62. The predicted molar refractivity (Wildman–Crippen MR) is 122 cm³/mol. The number of nitro benzene ring substituents is 1. The number of thioether (sulfide) groups is 1. The van der Waals surface area contributed by atoms with Crippen LogP contribution in [0.5, 0.6) is 11.5 Å². The first kappa shape index (κ1) is 23.2. The Bertz CT molecular complexity index is 1200. The second-order valence-electron chi connectivity index (χ2n) is 6.30. The van der Waals surface area contributed by atoms with Crippen LogP contribution in [0, 0.1) is 10.1 Å². The van der Waals surface area contributed by atoms with Crippen LogP contribution in [0.2, 0.25) is 0 Å². The maximum absolute atomic E-state index is 12.1. The Morgan fingerprint density at radius 3 is 2.88 bits per heavy atom. The third-order valence-electron chi connectivity index (χ3n) is 4.16. The van der Waals surface area contributed by atoms with Crippen LogP contribution in [0.1, 0.15) is 5.56 Å². The number of carbonyl (C=O) groups excluding carboxylic acids is 1. The molecule has 0 fully saturated rings. The lowest BCUT2D eigenvalue weighted by Gasteiger charge is -2.06. The molecule has 3 rings (SSSR count). The van der Waals surface area contributed by atoms with Gasteiger partial charge < -0.3 is 14.4 Å². The quantitative estimate of drug-likeness (QED) is 0.199. The molecule has 0 atom stereocenters. The Labute approximate surface area is 194 Å². The van der Waals surface area contributed by atoms with Crippen molar-refractivity contribution in [1.29, 1.82) is 0 Å². The summed E-state index contributed by atoms with van der Waals surface area (Å²) >= 11 is 4.59. The van der Waals surface area contributed by atoms with Crippen molar-refractivity contribution in [3.63, 3.8) is 0 Å². The average molecular weight is 521 g/mol. The first-order valence-corrected chi connectivity index (χ1v) is 10.7. The molecule has 3 aromatic rings. The number of phenols is 1. The first-order valence-electron chi connectivity index (χ1n) is 8.95. The van der Waals surface area contributed by atoms with Gasteiger partial charge in [0, 0.05) is 28.7 Å². The van der Waals surface area contributed by atoms with Gasteiger partial charge in [-0.25, -0.2) is 5.43 Å². The summed E-state index contributed by atoms with van der Waals surface area (Å²) in [6.45, 7) is 0. The largest absolute Gasteiger partial charge is 0.504 e. The number of hydrogen-bond acceptors (Lipinski definition) is 9. The van der Waals surface area contributed by atoms with Crippen molar-refractivity contribution in [2.45, 2.75) is 5.16 Å². The number of nitrogens with zero attached hydrogens (tertiary/aromatic N) is 5. The van der Waals surface area contributed by atoms with Gasteiger partial charge in [-0.05, 0) is 12.1 Å². The summed E-state index contributed by atoms with van der Waals surface area (Å²) < 4.78 is 7.61. The lowest BCUT2D eigenvalue weighted by Crippen LogP contribution is -2.20. The molecule has 1 heterocycles. The van der Waals surface area contributed by atoms with Crippen molar-refractivity contribution in [2.75, 3.05) is 12.9 Å². The van der Waals surface area contributed by atoms with E-state index >= 15 is 0 Å². The monoisotopic (exact) mass is 520 g/mol. The minimum atomic E-state index is -0.627. The van der Waals surface area contributed by atoms with Crippen molar-refractivity contribution >= 4 is 45.5 Å². The molecule has 11 nitrogen and oxygen atoms in total. The molecule has 1 aromatic heterocycles. The zero-order chi connectivity index (χ0) is 23.3. The zero-order valence-corrected chi connectivity index (χ0v) is 19.3. The Kier molecular flexibility index (Phi) is 7.43. The highest BCUT2D eigenvalue weighted by Crippen LogP contribution is 2.33. The molecule has 0 radical (unpaired) electrons. The fourth-order valence-electron chi connectivity index (χ4n) is 2.63. The standard InChI is InChI=1S/C19H17BrN6O5S/c1-25-18(11-4-3-5-13(20)6-11)23-24-19(25)32-10-16(27)22-21-9-12-7-14(26(29)30)8-15(31-2)17(12)28/h3-9,28H,10H2,1-2H3,(H,22,27)/b21-9-. The van der Waals surface area contributed by atoms with E-state index in [0.717, 1.165) is 28.4 Å². The maximum Gasteiger partial charge on any atom is 0.274 e. The highest BCUT2D eigenvalue weighted by atomic mass is 79.9. The SMILES string of the molecule is COc1cc([N+](=O)[O-])cc(/C=N\NC(=O)CSc2nnc(-c3cccc(Br)c3)n2C)c1O. The summed E-state index contributed by atoms with van der Waals surface area (Å²) in [5, 5.41) is 33.7. The molecule has 0 saturated heterocycles. The summed E-state index contributed by atoms with van der Waals surface area (Å²) in [4.78, 5) is 22.5. The maximum atomic E-state index is 12.1. The Morgan fingerprint density at radius 2 is 2.19 bits per heavy atom. The van der Waals surface area contributed by atoms with Crippen molar-refractivity contribution < 1.29 is 19.6 Å². The molecule has 166 valence electrons. The van der Waals surface area contributed by atoms with Crippen LogP contribution >= 0.6 is 27.7 Å². The lowest BCUT2D eigenvalue weighted by molar-refractivity contribution is -0.385. The van der Waals surface area contributed by atoms with Crippen LogP contribution < -0.4 is 10.2 Å². The van der Waals surface area contributed by atoms with Gasteiger partial charge in [-0.3, -0.25) is 14.9 Å². The molecule has 0 saturated carbocycles. The van der Waals surface area contributed by atoms with E-state index in [1.54, 1.807) is 11.6 Å². The van der Waals surface area contributed by atoms with Crippen molar-refractivity contribution in [3.05, 3.63) is 56.5 Å². The highest BCUT2D eigenvalue weighted by molar-refractivity contribution is 9.10. The van der Waals surface area contributed by atoms with E-state index in [9.17, 15) is 20.0 Å². The molecule has 0 unspecified atom stereocenters. The smallest absolute Gasteiger partial charge is 0.274 e. The van der Waals surface area contributed by atoms with Crippen molar-refractivity contribution in [2.24, 2.45) is 12.1 Å². The normalized spacial score (nSPS) is 11.0. The number of benzene rings is 2. The summed E-state index contributed by atoms with van der Waals surface area (Å²) in [7, 11) is 3.07. The Morgan fingerprint density at radius 1 is 1.41 bits per heavy atom. The van der Waals surface area contributed by atoms with Crippen LogP contribution in [0.25, 0.3) is 11.4 Å². The van der Waals surface area contributed by atoms with Gasteiger partial charge >= 0.3 is 0 Å². The molecule has 13 heteroatoms. The molecule has 0 spiro atoms. The zero-order valence-electron chi connectivity index (χ0n) is 16.9. The second-order valence-corrected chi connectivity index (χ2v) is 8.16. The number of rotatable bonds is 8. The number of ether oxygens (including phenoxy) is 1. The number of halogens is 1. The number of nitro groups is 1. The number of hydrazone groups is 1. The van der Waals surface area contributed by atoms with Gasteiger partial charge in [0.2, 0.25) is 0 Å². The molecule has 0 aliphatic heterocycles. The van der Waals surface area contributed by atoms with Gasteiger partial charge in [-0.15, -0.1) is 10.2 Å². The number of hydrogen-bond donors (Lipinski definition) is 2. The molecule has 32 heavy (non-hydrogen) atoms. The summed E-state index contributed by atoms with van der Waals surface area (Å²) in [5.41, 5.74) is 2.92. The molecular formula is C19H17BrN6O5S. The van der Waals surface area contributed by atoms with E-state index in [1.165, 1.54) is 18.9 Å². The fourth-order valence-corrected chi connectivity index (χ4v) is 3.73. The molecule has 2 N–H and O–H groups in total. The summed E-state index contributed by atoms with van der Waals surface area (Å²) in [5.74, 6) is -0.181. The van der Waals surface area contributed by atoms with E-state index in [0.29, 0.717) is 11.0 Å². The van der Waals surface area contributed by atoms with E-state index in [2.05, 4.69) is 36.7 Å². The number of methoxy groups -OCH3 is 1. The number of aromatic hydroxyl groups is 1. The van der Waals surface area contributed by atoms with E-state index in [4.69, 9.17) is 4.74 Å². The molecule has 0 aliphatic carbocycles. The lowest BCUT2D eigenvalue weighted by atomic mass is 10.2. The van der Waals surface area contributed by atoms with Crippen LogP contribution in [0.4, 0.5) is 5.69 Å². The third kappa shape index (κ3) is 5.42. The first-order chi connectivity index (χ1) is 15.3. The summed E-state index contributed by atoms with van der Waals surface area (Å²) in [6, 6.07) is 9.82. The number of nitrogens with one attached hydrogen (secondary N) is 1. The van der Waals surface area contributed by atoms with Crippen LogP contribution in [-0.2, 0) is 11.8 Å². The molecule has 0 bridgehead atoms. The highest BCUT2D eigenvalue weighted by Gasteiger charge is 2.16. The van der Waals surface area contributed by atoms with E-state index in [1.807, 2.05) is 24.3 Å². The van der Waals surface area contributed by atoms with E-state index < -0.39 is 10.8 Å². The molecular weight excluding hydrogens is 504 g/mol. The predicted octanol–water partition coefficient (Wildman–Crippen LogP) is 3.11. The number of aromatic nitrogens is 3. The average Bonchev–Trinajstić information content (AvgIpc) is 3.13. The molecule has 0 aliphatic rings. The number of non-ortho nitro benzene ring substituents is 1. The van der Waals surface area contributed by atoms with Crippen molar-refractivity contribution in [3.8, 4) is 22.9 Å². The van der Waals surface area contributed by atoms with Crippen molar-refractivity contribution in [1.82, 2.24) is 20.2 Å². The topological polar surface area (TPSA) is 145 Å². The minimum absolute atomic E-state index is 0.00599. The fraction of sp³-hybridized carbons (Fsp3) is 0.158. The Hall–Kier alpha value is -3.45. The van der Waals surface area contributed by atoms with Gasteiger partial charge in [0.15, 0.2) is 22.5 Å². The van der Waals surface area contributed by atoms with Gasteiger partial charge in [0.25, 0.3) is 11.6 Å². The minimum Gasteiger partial charge on any atom is -0.504 e. The van der Waals surface area contributed by atoms with Gasteiger partial charge in [-0.2, -0.15) is 5.10 Å². The molecule has 2 aromatic carbocycles. The second kappa shape index (κ2) is 10.2. The third-order valence-corrected chi connectivity index (χ3v) is 5.68. The van der Waals surface area contributed by atoms with Gasteiger partial charge in [0.1, 0.15) is 0 Å². The van der Waals surface area contributed by atoms with E-state index in [-0.39, 0.29) is 28.5 Å². The van der Waals surface area contributed by atoms with Crippen LogP contribution in [0.3, 0.4) is 0 Å². The van der Waals surface area contributed by atoms with Gasteiger partial charge in [0.05, 0.1) is 30.1 Å². The molecule has 1 amide bonds. The van der Waals surface area contributed by atoms with Crippen LogP contribution in [0.15, 0.2) is 51.1 Å². The van der Waals surface area contributed by atoms with Gasteiger partial charge in [-0.1, -0.05) is 39.8 Å². The number of carbonyl (C=O) groups is 1. The number of amides is 1.